The summed E-state index contributed by atoms with van der Waals surface area (Å²) in [5.74, 6) is -0.0706. The highest BCUT2D eigenvalue weighted by Gasteiger charge is 2.17. The first-order valence-corrected chi connectivity index (χ1v) is 6.67. The van der Waals surface area contributed by atoms with E-state index in [9.17, 15) is 4.79 Å². The first-order valence-electron chi connectivity index (χ1n) is 5.88. The van der Waals surface area contributed by atoms with E-state index in [2.05, 4.69) is 0 Å². The topological polar surface area (TPSA) is 46.3 Å². The third-order valence-corrected chi connectivity index (χ3v) is 3.05. The Kier molecular flexibility index (Phi) is 6.09. The summed E-state index contributed by atoms with van der Waals surface area (Å²) in [6, 6.07) is 7.05. The van der Waals surface area contributed by atoms with E-state index >= 15 is 0 Å². The van der Waals surface area contributed by atoms with Crippen molar-refractivity contribution < 1.29 is 4.79 Å². The monoisotopic (exact) mass is 284 g/mol. The van der Waals surface area contributed by atoms with Gasteiger partial charge in [-0.25, -0.2) is 0 Å². The van der Waals surface area contributed by atoms with E-state index in [4.69, 9.17) is 29.6 Å². The Hall–Kier alpha value is -1.13. The number of amides is 1. The maximum Gasteiger partial charge on any atom is 0.255 e. The Labute approximate surface area is 118 Å². The zero-order valence-corrected chi connectivity index (χ0v) is 11.9. The molecule has 0 unspecified atom stereocenters. The average Bonchev–Trinajstić information content (AvgIpc) is 2.34. The van der Waals surface area contributed by atoms with Crippen molar-refractivity contribution in [3.05, 3.63) is 34.9 Å². The van der Waals surface area contributed by atoms with Gasteiger partial charge in [0, 0.05) is 19.5 Å². The number of benzene rings is 1. The van der Waals surface area contributed by atoms with Crippen molar-refractivity contribution in [1.29, 1.82) is 0 Å². The lowest BCUT2D eigenvalue weighted by molar-refractivity contribution is 0.0760. The summed E-state index contributed by atoms with van der Waals surface area (Å²) < 4.78 is 0. The number of hydrogen-bond acceptors (Lipinski definition) is 2. The second-order valence-electron chi connectivity index (χ2n) is 3.99. The van der Waals surface area contributed by atoms with Crippen LogP contribution in [0.2, 0.25) is 5.02 Å². The van der Waals surface area contributed by atoms with Crippen molar-refractivity contribution in [2.24, 2.45) is 5.73 Å². The van der Waals surface area contributed by atoms with Crippen LogP contribution >= 0.6 is 23.8 Å². The van der Waals surface area contributed by atoms with Crippen LogP contribution < -0.4 is 5.73 Å². The molecule has 0 heterocycles. The zero-order chi connectivity index (χ0) is 13.5. The highest BCUT2D eigenvalue weighted by atomic mass is 35.5. The molecule has 1 aromatic rings. The average molecular weight is 285 g/mol. The molecule has 0 fully saturated rings. The molecular weight excluding hydrogens is 268 g/mol. The van der Waals surface area contributed by atoms with Crippen molar-refractivity contribution in [2.75, 3.05) is 13.1 Å². The molecule has 0 aromatic heterocycles. The van der Waals surface area contributed by atoms with Crippen molar-refractivity contribution in [3.8, 4) is 0 Å². The minimum atomic E-state index is -0.0706. The van der Waals surface area contributed by atoms with Gasteiger partial charge in [0.15, 0.2) is 0 Å². The van der Waals surface area contributed by atoms with Crippen LogP contribution in [-0.4, -0.2) is 28.9 Å². The van der Waals surface area contributed by atoms with Gasteiger partial charge < -0.3 is 10.6 Å². The lowest BCUT2D eigenvalue weighted by Crippen LogP contribution is -2.34. The molecule has 1 amide bonds. The van der Waals surface area contributed by atoms with Gasteiger partial charge in [-0.05, 0) is 18.6 Å². The predicted molar refractivity (Wildman–Crippen MR) is 79.0 cm³/mol. The van der Waals surface area contributed by atoms with Crippen LogP contribution in [0.15, 0.2) is 24.3 Å². The van der Waals surface area contributed by atoms with Gasteiger partial charge in [-0.15, -0.1) is 0 Å². The summed E-state index contributed by atoms with van der Waals surface area (Å²) in [4.78, 5) is 14.5. The molecule has 0 spiro atoms. The standard InChI is InChI=1S/C13H17ClN2OS/c1-2-8-16(9-7-12(15)18)13(17)10-5-3-4-6-11(10)14/h3-6H,2,7-9H2,1H3,(H2,15,18). The highest BCUT2D eigenvalue weighted by molar-refractivity contribution is 7.80. The Morgan fingerprint density at radius 3 is 2.61 bits per heavy atom. The molecule has 0 saturated carbocycles. The second-order valence-corrected chi connectivity index (χ2v) is 4.92. The van der Waals surface area contributed by atoms with E-state index in [1.165, 1.54) is 0 Å². The van der Waals surface area contributed by atoms with Gasteiger partial charge in [0.1, 0.15) is 0 Å². The fourth-order valence-corrected chi connectivity index (χ4v) is 1.94. The summed E-state index contributed by atoms with van der Waals surface area (Å²) >= 11 is 10.9. The fraction of sp³-hybridized carbons (Fsp3) is 0.385. The minimum Gasteiger partial charge on any atom is -0.393 e. The Morgan fingerprint density at radius 2 is 2.06 bits per heavy atom. The number of thiocarbonyl (C=S) groups is 1. The van der Waals surface area contributed by atoms with Gasteiger partial charge >= 0.3 is 0 Å². The maximum atomic E-state index is 12.3. The maximum absolute atomic E-state index is 12.3. The molecule has 0 atom stereocenters. The largest absolute Gasteiger partial charge is 0.393 e. The second kappa shape index (κ2) is 7.34. The van der Waals surface area contributed by atoms with E-state index in [-0.39, 0.29) is 5.91 Å². The molecule has 98 valence electrons. The summed E-state index contributed by atoms with van der Waals surface area (Å²) in [5.41, 5.74) is 6.00. The van der Waals surface area contributed by atoms with Crippen molar-refractivity contribution in [2.45, 2.75) is 19.8 Å². The molecule has 0 radical (unpaired) electrons. The molecule has 0 aliphatic rings. The van der Waals surface area contributed by atoms with Crippen LogP contribution in [0.5, 0.6) is 0 Å². The zero-order valence-electron chi connectivity index (χ0n) is 10.4. The van der Waals surface area contributed by atoms with Crippen LogP contribution in [-0.2, 0) is 0 Å². The fourth-order valence-electron chi connectivity index (χ4n) is 1.63. The van der Waals surface area contributed by atoms with Gasteiger partial charge in [0.2, 0.25) is 0 Å². The number of hydrogen-bond donors (Lipinski definition) is 1. The summed E-state index contributed by atoms with van der Waals surface area (Å²) in [6.45, 7) is 3.23. The van der Waals surface area contributed by atoms with Gasteiger partial charge in [-0.1, -0.05) is 42.9 Å². The third kappa shape index (κ3) is 4.27. The van der Waals surface area contributed by atoms with E-state index in [1.807, 2.05) is 6.92 Å². The van der Waals surface area contributed by atoms with E-state index in [0.717, 1.165) is 6.42 Å². The van der Waals surface area contributed by atoms with E-state index in [1.54, 1.807) is 29.2 Å². The first-order chi connectivity index (χ1) is 8.56. The molecule has 0 aliphatic carbocycles. The Morgan fingerprint density at radius 1 is 1.39 bits per heavy atom. The Bertz CT molecular complexity index is 437. The summed E-state index contributed by atoms with van der Waals surface area (Å²) in [7, 11) is 0. The van der Waals surface area contributed by atoms with Crippen molar-refractivity contribution >= 4 is 34.7 Å². The van der Waals surface area contributed by atoms with Crippen LogP contribution in [0.3, 0.4) is 0 Å². The van der Waals surface area contributed by atoms with Crippen molar-refractivity contribution in [3.63, 3.8) is 0 Å². The SMILES string of the molecule is CCCN(CCC(N)=S)C(=O)c1ccccc1Cl. The normalized spacial score (nSPS) is 10.1. The molecule has 1 aromatic carbocycles. The molecule has 0 bridgehead atoms. The van der Waals surface area contributed by atoms with Gasteiger partial charge in [0.25, 0.3) is 5.91 Å². The van der Waals surface area contributed by atoms with Crippen LogP contribution in [0, 0.1) is 0 Å². The number of halogens is 1. The van der Waals surface area contributed by atoms with E-state index in [0.29, 0.717) is 35.1 Å². The van der Waals surface area contributed by atoms with Crippen LogP contribution in [0.4, 0.5) is 0 Å². The minimum absolute atomic E-state index is 0.0706. The Balaban J connectivity index is 2.82. The van der Waals surface area contributed by atoms with Gasteiger partial charge in [-0.2, -0.15) is 0 Å². The summed E-state index contributed by atoms with van der Waals surface area (Å²) in [6.07, 6.45) is 1.42. The van der Waals surface area contributed by atoms with Crippen LogP contribution in [0.1, 0.15) is 30.1 Å². The van der Waals surface area contributed by atoms with Crippen molar-refractivity contribution in [1.82, 2.24) is 4.90 Å². The van der Waals surface area contributed by atoms with Gasteiger partial charge in [-0.3, -0.25) is 4.79 Å². The van der Waals surface area contributed by atoms with Gasteiger partial charge in [0.05, 0.1) is 15.6 Å². The molecule has 2 N–H and O–H groups in total. The number of nitrogens with zero attached hydrogens (tertiary/aromatic N) is 1. The molecular formula is C13H17ClN2OS. The number of nitrogens with two attached hydrogens (primary N) is 1. The number of carbonyl (C=O) groups is 1. The van der Waals surface area contributed by atoms with E-state index < -0.39 is 0 Å². The smallest absolute Gasteiger partial charge is 0.255 e. The summed E-state index contributed by atoms with van der Waals surface area (Å²) in [5, 5.41) is 0.471. The lowest BCUT2D eigenvalue weighted by Gasteiger charge is -2.22. The molecule has 3 nitrogen and oxygen atoms in total. The quantitative estimate of drug-likeness (QED) is 0.817. The molecule has 5 heteroatoms. The predicted octanol–water partition coefficient (Wildman–Crippen LogP) is 2.87. The lowest BCUT2D eigenvalue weighted by atomic mass is 10.2. The highest BCUT2D eigenvalue weighted by Crippen LogP contribution is 2.17. The van der Waals surface area contributed by atoms with Crippen LogP contribution in [0.25, 0.3) is 0 Å². The number of carbonyl (C=O) groups excluding carboxylic acids is 1. The molecule has 18 heavy (non-hydrogen) atoms. The molecule has 0 saturated heterocycles. The third-order valence-electron chi connectivity index (χ3n) is 2.51. The molecule has 1 rings (SSSR count). The number of rotatable bonds is 6. The molecule has 0 aliphatic heterocycles. The first kappa shape index (κ1) is 14.9.